The maximum Gasteiger partial charge on any atom is 0.303 e. The number of halogens is 2. The zero-order valence-electron chi connectivity index (χ0n) is 14.0. The maximum absolute atomic E-state index is 10.7. The highest BCUT2D eigenvalue weighted by atomic mass is 79.9. The zero-order chi connectivity index (χ0) is 17.8. The Labute approximate surface area is 167 Å². The van der Waals surface area contributed by atoms with Crippen molar-refractivity contribution in [1.29, 1.82) is 0 Å². The van der Waals surface area contributed by atoms with Crippen LogP contribution in [-0.4, -0.2) is 16.2 Å². The Hall–Kier alpha value is -2.18. The number of aryl methyl sites for hydroxylation is 1. The molecule has 3 N–H and O–H groups in total. The van der Waals surface area contributed by atoms with Gasteiger partial charge in [-0.3, -0.25) is 4.79 Å². The molecule has 0 spiro atoms. The molecule has 136 valence electrons. The molecule has 0 saturated heterocycles. The lowest BCUT2D eigenvalue weighted by molar-refractivity contribution is -0.741. The van der Waals surface area contributed by atoms with Crippen LogP contribution in [0.25, 0.3) is 22.0 Å². The third-order valence-electron chi connectivity index (χ3n) is 4.07. The van der Waals surface area contributed by atoms with Crippen LogP contribution in [0.5, 0.6) is 0 Å². The highest BCUT2D eigenvalue weighted by Gasteiger charge is 2.21. The number of nitrogens with two attached hydrogens (primary N) is 1. The van der Waals surface area contributed by atoms with Crippen LogP contribution in [0, 0.1) is 0 Å². The topological polar surface area (TPSA) is 80.1 Å². The Morgan fingerprint density at radius 2 is 1.73 bits per heavy atom. The molecule has 5 nitrogen and oxygen atoms in total. The number of fused-ring (bicyclic) bond motifs is 1. The number of benzene rings is 2. The van der Waals surface area contributed by atoms with Crippen molar-refractivity contribution in [2.75, 3.05) is 5.73 Å². The number of carboxylic acid groups (broad SMARTS) is 1. The lowest BCUT2D eigenvalue weighted by Gasteiger charge is -2.08. The minimum absolute atomic E-state index is 0. The van der Waals surface area contributed by atoms with Crippen molar-refractivity contribution in [2.45, 2.75) is 25.8 Å². The lowest BCUT2D eigenvalue weighted by Crippen LogP contribution is -3.00. The first-order valence-corrected chi connectivity index (χ1v) is 8.50. The fourth-order valence-electron chi connectivity index (χ4n) is 2.90. The van der Waals surface area contributed by atoms with Gasteiger partial charge in [0.2, 0.25) is 5.69 Å². The number of hydrogen-bond acceptors (Lipinski definition) is 3. The van der Waals surface area contributed by atoms with Crippen LogP contribution < -0.4 is 27.4 Å². The van der Waals surface area contributed by atoms with Gasteiger partial charge in [0, 0.05) is 33.9 Å². The first-order valence-electron chi connectivity index (χ1n) is 8.12. The van der Waals surface area contributed by atoms with Crippen molar-refractivity contribution >= 4 is 34.2 Å². The van der Waals surface area contributed by atoms with Gasteiger partial charge in [0.05, 0.1) is 5.39 Å². The molecule has 0 fully saturated rings. The molecular formula is C19H19BrClN3O2. The van der Waals surface area contributed by atoms with E-state index in [2.05, 4.69) is 5.10 Å². The fraction of sp³-hybridized carbons (Fsp3) is 0.211. The molecule has 0 unspecified atom stereocenters. The normalized spacial score (nSPS) is 10.5. The number of aliphatic carboxylic acids is 1. The molecule has 0 radical (unpaired) electrons. The largest absolute Gasteiger partial charge is 1.00 e. The van der Waals surface area contributed by atoms with Gasteiger partial charge >= 0.3 is 5.97 Å². The third kappa shape index (κ3) is 4.51. The van der Waals surface area contributed by atoms with E-state index in [1.807, 2.05) is 53.2 Å². The van der Waals surface area contributed by atoms with Crippen LogP contribution in [-0.2, 0) is 11.3 Å². The first kappa shape index (κ1) is 20.1. The summed E-state index contributed by atoms with van der Waals surface area (Å²) >= 11 is 6.02. The monoisotopic (exact) mass is 435 g/mol. The van der Waals surface area contributed by atoms with Gasteiger partial charge in [-0.1, -0.05) is 34.5 Å². The fourth-order valence-corrected chi connectivity index (χ4v) is 3.02. The molecule has 0 saturated carbocycles. The summed E-state index contributed by atoms with van der Waals surface area (Å²) in [6, 6.07) is 15.5. The molecule has 3 rings (SSSR count). The van der Waals surface area contributed by atoms with Gasteiger partial charge in [0.25, 0.3) is 0 Å². The van der Waals surface area contributed by atoms with E-state index in [0.717, 1.165) is 22.0 Å². The number of carbonyl (C=O) groups is 1. The van der Waals surface area contributed by atoms with E-state index < -0.39 is 5.97 Å². The molecule has 0 aliphatic heterocycles. The van der Waals surface area contributed by atoms with E-state index >= 15 is 0 Å². The summed E-state index contributed by atoms with van der Waals surface area (Å²) < 4.78 is 1.86. The molecule has 0 bridgehead atoms. The number of aromatic nitrogens is 2. The Balaban J connectivity index is 0.00000243. The van der Waals surface area contributed by atoms with Crippen LogP contribution >= 0.6 is 11.6 Å². The lowest BCUT2D eigenvalue weighted by atomic mass is 10.0. The van der Waals surface area contributed by atoms with Gasteiger partial charge in [0.1, 0.15) is 0 Å². The van der Waals surface area contributed by atoms with Crippen molar-refractivity contribution in [1.82, 2.24) is 5.10 Å². The van der Waals surface area contributed by atoms with Crippen LogP contribution in [0.15, 0.2) is 48.5 Å². The van der Waals surface area contributed by atoms with Gasteiger partial charge in [-0.2, -0.15) is 0 Å². The first-order chi connectivity index (χ1) is 12.1. The van der Waals surface area contributed by atoms with E-state index in [4.69, 9.17) is 22.4 Å². The van der Waals surface area contributed by atoms with Crippen molar-refractivity contribution in [3.05, 3.63) is 53.6 Å². The van der Waals surface area contributed by atoms with Crippen molar-refractivity contribution in [3.8, 4) is 11.3 Å². The molecule has 1 heterocycles. The number of carboxylic acids is 1. The van der Waals surface area contributed by atoms with Gasteiger partial charge < -0.3 is 27.8 Å². The number of rotatable bonds is 6. The van der Waals surface area contributed by atoms with Crippen molar-refractivity contribution < 1.29 is 31.6 Å². The van der Waals surface area contributed by atoms with Gasteiger partial charge in [-0.05, 0) is 36.8 Å². The standard InChI is InChI=1S/C19H18ClN3O2.BrH/c20-14-10-8-13(9-11-14)18-15-5-1-2-6-16(15)19(21)22-23(18)12-4-3-7-17(24)25;/h1-2,5-6,8-11H,3-4,7,12H2,(H2-,21,22,24,25);1H. The third-order valence-corrected chi connectivity index (χ3v) is 4.32. The highest BCUT2D eigenvalue weighted by Crippen LogP contribution is 2.28. The SMILES string of the molecule is Nc1n[n+](CCCCC(=O)O)c(-c2ccc(Cl)cc2)c2ccccc12.[Br-]. The average molecular weight is 437 g/mol. The summed E-state index contributed by atoms with van der Waals surface area (Å²) in [6.07, 6.45) is 1.46. The summed E-state index contributed by atoms with van der Waals surface area (Å²) in [5.74, 6) is -0.319. The van der Waals surface area contributed by atoms with E-state index in [-0.39, 0.29) is 23.4 Å². The van der Waals surface area contributed by atoms with Gasteiger partial charge in [0.15, 0.2) is 12.4 Å². The van der Waals surface area contributed by atoms with Crippen molar-refractivity contribution in [2.24, 2.45) is 0 Å². The number of hydrogen-bond donors (Lipinski definition) is 2. The molecule has 2 aromatic carbocycles. The Morgan fingerprint density at radius 3 is 2.38 bits per heavy atom. The summed E-state index contributed by atoms with van der Waals surface area (Å²) in [5, 5.41) is 15.9. The van der Waals surface area contributed by atoms with Crippen LogP contribution in [0.3, 0.4) is 0 Å². The van der Waals surface area contributed by atoms with E-state index in [1.54, 1.807) is 0 Å². The second kappa shape index (κ2) is 8.96. The molecular weight excluding hydrogens is 418 g/mol. The van der Waals surface area contributed by atoms with E-state index in [9.17, 15) is 4.79 Å². The number of anilines is 1. The minimum atomic E-state index is -0.783. The van der Waals surface area contributed by atoms with E-state index in [1.165, 1.54) is 0 Å². The maximum atomic E-state index is 10.7. The van der Waals surface area contributed by atoms with Crippen LogP contribution in [0.2, 0.25) is 5.02 Å². The van der Waals surface area contributed by atoms with Crippen LogP contribution in [0.4, 0.5) is 5.82 Å². The molecule has 0 amide bonds. The average Bonchev–Trinajstić information content (AvgIpc) is 2.60. The van der Waals surface area contributed by atoms with Gasteiger partial charge in [-0.15, -0.1) is 0 Å². The number of nitrogens with zero attached hydrogens (tertiary/aromatic N) is 2. The summed E-state index contributed by atoms with van der Waals surface area (Å²) in [6.45, 7) is 0.597. The molecule has 7 heteroatoms. The minimum Gasteiger partial charge on any atom is -1.00 e. The molecule has 0 atom stereocenters. The second-order valence-electron chi connectivity index (χ2n) is 5.86. The van der Waals surface area contributed by atoms with Gasteiger partial charge in [-0.25, -0.2) is 0 Å². The number of unbranched alkanes of at least 4 members (excludes halogenated alkanes) is 1. The highest BCUT2D eigenvalue weighted by molar-refractivity contribution is 6.30. The molecule has 26 heavy (non-hydrogen) atoms. The Morgan fingerprint density at radius 1 is 1.08 bits per heavy atom. The number of nitrogen functional groups attached to an aromatic ring is 1. The van der Waals surface area contributed by atoms with E-state index in [0.29, 0.717) is 30.2 Å². The summed E-state index contributed by atoms with van der Waals surface area (Å²) in [5.41, 5.74) is 8.08. The second-order valence-corrected chi connectivity index (χ2v) is 6.30. The molecule has 1 aromatic heterocycles. The van der Waals surface area contributed by atoms with Crippen LogP contribution in [0.1, 0.15) is 19.3 Å². The summed E-state index contributed by atoms with van der Waals surface area (Å²) in [7, 11) is 0. The Kier molecular flexibility index (Phi) is 6.94. The predicted molar refractivity (Wildman–Crippen MR) is 98.3 cm³/mol. The Bertz CT molecular complexity index is 917. The van der Waals surface area contributed by atoms with Crippen molar-refractivity contribution in [3.63, 3.8) is 0 Å². The quantitative estimate of drug-likeness (QED) is 0.440. The molecule has 0 aliphatic carbocycles. The zero-order valence-corrected chi connectivity index (χ0v) is 16.4. The smallest absolute Gasteiger partial charge is 0.303 e. The molecule has 0 aliphatic rings. The molecule has 3 aromatic rings. The summed E-state index contributed by atoms with van der Waals surface area (Å²) in [4.78, 5) is 10.7. The predicted octanol–water partition coefficient (Wildman–Crippen LogP) is 0.684.